The van der Waals surface area contributed by atoms with Crippen molar-refractivity contribution in [1.29, 1.82) is 0 Å². The molecular formula is C18H27N3O3S. The molecule has 1 N–H and O–H groups in total. The van der Waals surface area contributed by atoms with Gasteiger partial charge in [-0.05, 0) is 36.8 Å². The molecule has 0 spiro atoms. The molecule has 3 rings (SSSR count). The number of nitrogens with zero attached hydrogens (tertiary/aromatic N) is 2. The molecule has 2 aliphatic rings. The summed E-state index contributed by atoms with van der Waals surface area (Å²) in [7, 11) is -3.20. The number of hydrogen-bond donors (Lipinski definition) is 1. The van der Waals surface area contributed by atoms with Gasteiger partial charge < -0.3 is 10.2 Å². The Balaban J connectivity index is 1.59. The average molecular weight is 365 g/mol. The molecular weight excluding hydrogens is 338 g/mol. The number of aryl methyl sites for hydroxylation is 1. The fraction of sp³-hybridized carbons (Fsp3) is 0.611. The predicted octanol–water partition coefficient (Wildman–Crippen LogP) is 1.95. The van der Waals surface area contributed by atoms with Gasteiger partial charge in [-0.2, -0.15) is 0 Å². The zero-order chi connectivity index (χ0) is 18.0. The zero-order valence-corrected chi connectivity index (χ0v) is 15.8. The van der Waals surface area contributed by atoms with Crippen LogP contribution in [0.25, 0.3) is 0 Å². The van der Waals surface area contributed by atoms with Crippen LogP contribution in [0, 0.1) is 12.8 Å². The van der Waals surface area contributed by atoms with Crippen LogP contribution in [-0.4, -0.2) is 55.1 Å². The van der Waals surface area contributed by atoms with Gasteiger partial charge in [-0.3, -0.25) is 0 Å². The fourth-order valence-corrected chi connectivity index (χ4v) is 6.15. The topological polar surface area (TPSA) is 69.7 Å². The van der Waals surface area contributed by atoms with Crippen molar-refractivity contribution in [3.63, 3.8) is 0 Å². The number of fused-ring (bicyclic) bond motifs is 1. The van der Waals surface area contributed by atoms with E-state index in [2.05, 4.69) is 5.32 Å². The van der Waals surface area contributed by atoms with Gasteiger partial charge in [-0.15, -0.1) is 0 Å². The number of amides is 2. The Kier molecular flexibility index (Phi) is 5.34. The zero-order valence-electron chi connectivity index (χ0n) is 14.9. The van der Waals surface area contributed by atoms with Gasteiger partial charge in [0.2, 0.25) is 10.0 Å². The first kappa shape index (κ1) is 18.2. The van der Waals surface area contributed by atoms with Crippen molar-refractivity contribution in [3.05, 3.63) is 35.4 Å². The molecule has 2 aliphatic heterocycles. The van der Waals surface area contributed by atoms with E-state index in [0.717, 1.165) is 17.5 Å². The Bertz CT molecular complexity index is 735. The highest BCUT2D eigenvalue weighted by Crippen LogP contribution is 2.33. The smallest absolute Gasteiger partial charge is 0.317 e. The van der Waals surface area contributed by atoms with E-state index in [4.69, 9.17) is 0 Å². The lowest BCUT2D eigenvalue weighted by Gasteiger charge is -2.22. The van der Waals surface area contributed by atoms with Gasteiger partial charge in [0.25, 0.3) is 0 Å². The molecule has 0 aromatic heterocycles. The molecule has 1 aromatic carbocycles. The number of nitrogens with one attached hydrogen (secondary N) is 1. The standard InChI is InChI=1S/C18H27N3O3S/c1-3-21-13-16-8-10-20(11-9-17(16)25(21,23)24)18(22)19-12-15-7-5-4-6-14(15)2/h4-7,16-17H,3,8-13H2,1-2H3,(H,19,22)/t16-,17-/m1/s1. The van der Waals surface area contributed by atoms with Crippen molar-refractivity contribution in [3.8, 4) is 0 Å². The van der Waals surface area contributed by atoms with Crippen molar-refractivity contribution >= 4 is 16.1 Å². The molecule has 6 nitrogen and oxygen atoms in total. The van der Waals surface area contributed by atoms with E-state index in [1.54, 1.807) is 9.21 Å². The summed E-state index contributed by atoms with van der Waals surface area (Å²) < 4.78 is 26.7. The molecule has 1 aromatic rings. The van der Waals surface area contributed by atoms with E-state index < -0.39 is 10.0 Å². The molecule has 0 saturated carbocycles. The highest BCUT2D eigenvalue weighted by Gasteiger charge is 2.46. The third-order valence-corrected chi connectivity index (χ3v) is 8.00. The first-order valence-corrected chi connectivity index (χ1v) is 10.5. The van der Waals surface area contributed by atoms with Crippen LogP contribution in [0.4, 0.5) is 4.79 Å². The molecule has 138 valence electrons. The Morgan fingerprint density at radius 2 is 1.96 bits per heavy atom. The van der Waals surface area contributed by atoms with E-state index in [-0.39, 0.29) is 17.2 Å². The first-order valence-electron chi connectivity index (χ1n) is 8.99. The molecule has 0 aliphatic carbocycles. The second kappa shape index (κ2) is 7.33. The van der Waals surface area contributed by atoms with Crippen LogP contribution in [0.15, 0.2) is 24.3 Å². The second-order valence-corrected chi connectivity index (χ2v) is 9.10. The molecule has 25 heavy (non-hydrogen) atoms. The summed E-state index contributed by atoms with van der Waals surface area (Å²) >= 11 is 0. The summed E-state index contributed by atoms with van der Waals surface area (Å²) in [6.45, 7) is 6.66. The minimum Gasteiger partial charge on any atom is -0.334 e. The maximum Gasteiger partial charge on any atom is 0.317 e. The Morgan fingerprint density at radius 1 is 1.24 bits per heavy atom. The number of carbonyl (C=O) groups is 1. The van der Waals surface area contributed by atoms with Gasteiger partial charge in [0, 0.05) is 32.7 Å². The average Bonchev–Trinajstić information content (AvgIpc) is 2.74. The van der Waals surface area contributed by atoms with Crippen LogP contribution in [0.2, 0.25) is 0 Å². The largest absolute Gasteiger partial charge is 0.334 e. The van der Waals surface area contributed by atoms with E-state index in [9.17, 15) is 13.2 Å². The van der Waals surface area contributed by atoms with E-state index in [1.807, 2.05) is 38.1 Å². The van der Waals surface area contributed by atoms with Crippen molar-refractivity contribution in [1.82, 2.24) is 14.5 Å². The number of carbonyl (C=O) groups excluding carboxylic acids is 1. The number of hydrogen-bond acceptors (Lipinski definition) is 3. The fourth-order valence-electron chi connectivity index (χ4n) is 3.90. The first-order chi connectivity index (χ1) is 11.9. The number of sulfonamides is 1. The number of urea groups is 1. The van der Waals surface area contributed by atoms with Crippen LogP contribution in [0.5, 0.6) is 0 Å². The third-order valence-electron chi connectivity index (χ3n) is 5.49. The van der Waals surface area contributed by atoms with Crippen LogP contribution in [0.3, 0.4) is 0 Å². The van der Waals surface area contributed by atoms with E-state index in [0.29, 0.717) is 39.1 Å². The van der Waals surface area contributed by atoms with Crippen molar-refractivity contribution in [2.75, 3.05) is 26.2 Å². The molecule has 0 unspecified atom stereocenters. The van der Waals surface area contributed by atoms with E-state index >= 15 is 0 Å². The highest BCUT2D eigenvalue weighted by atomic mass is 32.2. The molecule has 2 saturated heterocycles. The number of benzene rings is 1. The monoisotopic (exact) mass is 365 g/mol. The molecule has 2 heterocycles. The summed E-state index contributed by atoms with van der Waals surface area (Å²) in [6, 6.07) is 7.88. The minimum atomic E-state index is -3.20. The summed E-state index contributed by atoms with van der Waals surface area (Å²) in [5.41, 5.74) is 2.25. The molecule has 0 radical (unpaired) electrons. The lowest BCUT2D eigenvalue weighted by molar-refractivity contribution is 0.198. The number of rotatable bonds is 3. The van der Waals surface area contributed by atoms with E-state index in [1.165, 1.54) is 0 Å². The summed E-state index contributed by atoms with van der Waals surface area (Å²) in [4.78, 5) is 14.3. The van der Waals surface area contributed by atoms with Crippen LogP contribution in [0.1, 0.15) is 30.9 Å². The Labute approximate surface area is 150 Å². The molecule has 7 heteroatoms. The molecule has 2 amide bonds. The summed E-state index contributed by atoms with van der Waals surface area (Å²) in [6.07, 6.45) is 1.28. The summed E-state index contributed by atoms with van der Waals surface area (Å²) in [5, 5.41) is 2.64. The van der Waals surface area contributed by atoms with Crippen molar-refractivity contribution < 1.29 is 13.2 Å². The minimum absolute atomic E-state index is 0.104. The second-order valence-electron chi connectivity index (χ2n) is 6.94. The normalized spacial score (nSPS) is 26.1. The van der Waals surface area contributed by atoms with Gasteiger partial charge >= 0.3 is 6.03 Å². The van der Waals surface area contributed by atoms with Gasteiger partial charge in [0.05, 0.1) is 5.25 Å². The quantitative estimate of drug-likeness (QED) is 0.890. The van der Waals surface area contributed by atoms with Gasteiger partial charge in [0.15, 0.2) is 0 Å². The third kappa shape index (κ3) is 3.67. The lowest BCUT2D eigenvalue weighted by Crippen LogP contribution is -2.41. The highest BCUT2D eigenvalue weighted by molar-refractivity contribution is 7.90. The maximum atomic E-state index is 12.5. The Hall–Kier alpha value is -1.60. The van der Waals surface area contributed by atoms with Gasteiger partial charge in [-0.1, -0.05) is 31.2 Å². The SMILES string of the molecule is CCN1C[C@H]2CCN(C(=O)NCc3ccccc3C)CC[C@H]2S1(=O)=O. The molecule has 0 bridgehead atoms. The predicted molar refractivity (Wildman–Crippen MR) is 97.7 cm³/mol. The summed E-state index contributed by atoms with van der Waals surface area (Å²) in [5.74, 6) is 0.138. The molecule has 2 atom stereocenters. The van der Waals surface area contributed by atoms with Gasteiger partial charge in [-0.25, -0.2) is 17.5 Å². The Morgan fingerprint density at radius 3 is 2.68 bits per heavy atom. The van der Waals surface area contributed by atoms with Crippen LogP contribution in [-0.2, 0) is 16.6 Å². The lowest BCUT2D eigenvalue weighted by atomic mass is 10.0. The van der Waals surface area contributed by atoms with Crippen molar-refractivity contribution in [2.45, 2.75) is 38.5 Å². The van der Waals surface area contributed by atoms with Crippen LogP contribution < -0.4 is 5.32 Å². The van der Waals surface area contributed by atoms with Gasteiger partial charge in [0.1, 0.15) is 0 Å². The van der Waals surface area contributed by atoms with Crippen molar-refractivity contribution in [2.24, 2.45) is 5.92 Å². The van der Waals surface area contributed by atoms with Crippen LogP contribution >= 0.6 is 0 Å². The number of likely N-dealkylation sites (tertiary alicyclic amines) is 1. The molecule has 2 fully saturated rings. The maximum absolute atomic E-state index is 12.5.